The lowest BCUT2D eigenvalue weighted by atomic mass is 9.93. The van der Waals surface area contributed by atoms with Crippen LogP contribution in [0.1, 0.15) is 28.2 Å². The Morgan fingerprint density at radius 1 is 1.00 bits per heavy atom. The lowest BCUT2D eigenvalue weighted by Gasteiger charge is -2.23. The Balaban J connectivity index is 1.93. The predicted molar refractivity (Wildman–Crippen MR) is 97.8 cm³/mol. The average Bonchev–Trinajstić information content (AvgIpc) is 3.09. The highest BCUT2D eigenvalue weighted by atomic mass is 19.4. The van der Waals surface area contributed by atoms with Gasteiger partial charge in [-0.2, -0.15) is 26.3 Å². The summed E-state index contributed by atoms with van der Waals surface area (Å²) in [4.78, 5) is 0. The second kappa shape index (κ2) is 8.06. The van der Waals surface area contributed by atoms with E-state index in [9.17, 15) is 26.3 Å². The van der Waals surface area contributed by atoms with Gasteiger partial charge < -0.3 is 15.2 Å². The molecule has 0 saturated carbocycles. The molecule has 1 aliphatic heterocycles. The monoisotopic (exact) mass is 429 g/mol. The molecule has 0 unspecified atom stereocenters. The van der Waals surface area contributed by atoms with Gasteiger partial charge in [-0.15, -0.1) is 0 Å². The van der Waals surface area contributed by atoms with E-state index in [-0.39, 0.29) is 18.4 Å². The zero-order valence-corrected chi connectivity index (χ0v) is 15.4. The highest BCUT2D eigenvalue weighted by Gasteiger charge is 2.39. The summed E-state index contributed by atoms with van der Waals surface area (Å²) in [7, 11) is 0. The van der Waals surface area contributed by atoms with Crippen LogP contribution in [0.15, 0.2) is 66.9 Å². The third-order valence-electron chi connectivity index (χ3n) is 4.63. The standard InChI is InChI=1S/C21H17F6NO2/c1-12(14-7-16(20(22,23)24)9-17(8-14)21(25,26)27)30-19-18(15(10-28)11-29-19)13-5-3-2-4-6-13/h2-10,18-19H,1,11,28H2/b15-10+/t18-,19-/m1/s1. The van der Waals surface area contributed by atoms with E-state index in [1.165, 1.54) is 6.20 Å². The topological polar surface area (TPSA) is 44.5 Å². The van der Waals surface area contributed by atoms with Gasteiger partial charge in [-0.3, -0.25) is 0 Å². The number of halogens is 6. The van der Waals surface area contributed by atoms with E-state index in [0.29, 0.717) is 17.7 Å². The Hall–Kier alpha value is -2.94. The number of hydrogen-bond acceptors (Lipinski definition) is 3. The Morgan fingerprint density at radius 2 is 1.57 bits per heavy atom. The van der Waals surface area contributed by atoms with Crippen LogP contribution < -0.4 is 5.73 Å². The molecule has 30 heavy (non-hydrogen) atoms. The van der Waals surface area contributed by atoms with Crippen molar-refractivity contribution in [2.75, 3.05) is 6.61 Å². The molecule has 1 heterocycles. The number of rotatable bonds is 4. The van der Waals surface area contributed by atoms with Crippen molar-refractivity contribution in [1.82, 2.24) is 0 Å². The molecular weight excluding hydrogens is 412 g/mol. The summed E-state index contributed by atoms with van der Waals surface area (Å²) < 4.78 is 89.7. The zero-order chi connectivity index (χ0) is 22.1. The van der Waals surface area contributed by atoms with Gasteiger partial charge in [-0.25, -0.2) is 0 Å². The maximum atomic E-state index is 13.1. The third-order valence-corrected chi connectivity index (χ3v) is 4.63. The molecule has 1 fully saturated rings. The molecule has 0 aromatic heterocycles. The molecule has 0 bridgehead atoms. The van der Waals surface area contributed by atoms with E-state index in [0.717, 1.165) is 5.56 Å². The van der Waals surface area contributed by atoms with Gasteiger partial charge in [0, 0.05) is 5.56 Å². The van der Waals surface area contributed by atoms with Gasteiger partial charge >= 0.3 is 12.4 Å². The zero-order valence-electron chi connectivity index (χ0n) is 15.4. The molecule has 0 aliphatic carbocycles. The van der Waals surface area contributed by atoms with Crippen molar-refractivity contribution >= 4 is 5.76 Å². The highest BCUT2D eigenvalue weighted by Crippen LogP contribution is 2.40. The minimum absolute atomic E-state index is 0.0465. The second-order valence-corrected chi connectivity index (χ2v) is 6.64. The van der Waals surface area contributed by atoms with Gasteiger partial charge in [0.15, 0.2) is 0 Å². The van der Waals surface area contributed by atoms with Crippen LogP contribution in [-0.4, -0.2) is 12.9 Å². The first-order chi connectivity index (χ1) is 14.0. The number of hydrogen-bond donors (Lipinski definition) is 1. The van der Waals surface area contributed by atoms with Gasteiger partial charge in [0.05, 0.1) is 23.7 Å². The van der Waals surface area contributed by atoms with Crippen molar-refractivity contribution in [2.24, 2.45) is 5.73 Å². The van der Waals surface area contributed by atoms with E-state index >= 15 is 0 Å². The quantitative estimate of drug-likeness (QED) is 0.501. The maximum absolute atomic E-state index is 13.1. The fourth-order valence-corrected chi connectivity index (χ4v) is 3.15. The predicted octanol–water partition coefficient (Wildman–Crippen LogP) is 5.69. The van der Waals surface area contributed by atoms with Crippen molar-refractivity contribution in [1.29, 1.82) is 0 Å². The molecule has 3 rings (SSSR count). The minimum atomic E-state index is -4.97. The molecule has 2 aromatic rings. The highest BCUT2D eigenvalue weighted by molar-refractivity contribution is 5.60. The number of alkyl halides is 6. The number of benzene rings is 2. The van der Waals surface area contributed by atoms with Crippen LogP contribution >= 0.6 is 0 Å². The number of nitrogens with two attached hydrogens (primary N) is 1. The van der Waals surface area contributed by atoms with Gasteiger partial charge in [0.2, 0.25) is 6.29 Å². The molecule has 9 heteroatoms. The van der Waals surface area contributed by atoms with E-state index < -0.39 is 41.3 Å². The van der Waals surface area contributed by atoms with Gasteiger partial charge in [-0.05, 0) is 35.5 Å². The van der Waals surface area contributed by atoms with Gasteiger partial charge in [-0.1, -0.05) is 36.9 Å². The van der Waals surface area contributed by atoms with E-state index in [1.54, 1.807) is 30.3 Å². The molecule has 2 atom stereocenters. The Bertz CT molecular complexity index is 918. The van der Waals surface area contributed by atoms with Crippen LogP contribution in [0.25, 0.3) is 5.76 Å². The summed E-state index contributed by atoms with van der Waals surface area (Å²) in [5.74, 6) is -0.864. The lowest BCUT2D eigenvalue weighted by Crippen LogP contribution is -2.19. The average molecular weight is 429 g/mol. The van der Waals surface area contributed by atoms with Crippen molar-refractivity contribution in [3.05, 3.63) is 89.1 Å². The third kappa shape index (κ3) is 4.62. The van der Waals surface area contributed by atoms with E-state index in [2.05, 4.69) is 6.58 Å². The maximum Gasteiger partial charge on any atom is 0.416 e. The Morgan fingerprint density at radius 3 is 2.07 bits per heavy atom. The minimum Gasteiger partial charge on any atom is -0.464 e. The van der Waals surface area contributed by atoms with E-state index in [4.69, 9.17) is 15.2 Å². The molecule has 0 spiro atoms. The first kappa shape index (κ1) is 21.8. The van der Waals surface area contributed by atoms with E-state index in [1.807, 2.05) is 0 Å². The van der Waals surface area contributed by atoms with Crippen LogP contribution in [0.3, 0.4) is 0 Å². The van der Waals surface area contributed by atoms with Gasteiger partial charge in [0.25, 0.3) is 0 Å². The molecular formula is C21H17F6NO2. The lowest BCUT2D eigenvalue weighted by molar-refractivity contribution is -0.143. The molecule has 2 N–H and O–H groups in total. The normalized spacial score (nSPS) is 21.1. The van der Waals surface area contributed by atoms with Crippen LogP contribution in [-0.2, 0) is 21.8 Å². The van der Waals surface area contributed by atoms with Crippen LogP contribution in [0.5, 0.6) is 0 Å². The first-order valence-electron chi connectivity index (χ1n) is 8.73. The van der Waals surface area contributed by atoms with Crippen LogP contribution in [0.4, 0.5) is 26.3 Å². The van der Waals surface area contributed by atoms with Crippen molar-refractivity contribution in [2.45, 2.75) is 24.6 Å². The SMILES string of the molecule is C=C(O[C@H]1OC/C(=C\N)[C@H]1c1ccccc1)c1cc(C(F)(F)F)cc(C(F)(F)F)c1. The second-order valence-electron chi connectivity index (χ2n) is 6.64. The van der Waals surface area contributed by atoms with Crippen molar-refractivity contribution < 1.29 is 35.8 Å². The molecule has 0 radical (unpaired) electrons. The fraction of sp³-hybridized carbons (Fsp3) is 0.238. The summed E-state index contributed by atoms with van der Waals surface area (Å²) in [5, 5.41) is 0. The summed E-state index contributed by atoms with van der Waals surface area (Å²) >= 11 is 0. The summed E-state index contributed by atoms with van der Waals surface area (Å²) in [5.41, 5.74) is 3.71. The summed E-state index contributed by atoms with van der Waals surface area (Å²) in [6.45, 7) is 3.63. The van der Waals surface area contributed by atoms with Crippen molar-refractivity contribution in [3.63, 3.8) is 0 Å². The largest absolute Gasteiger partial charge is 0.464 e. The fourth-order valence-electron chi connectivity index (χ4n) is 3.15. The molecule has 0 amide bonds. The molecule has 3 nitrogen and oxygen atoms in total. The van der Waals surface area contributed by atoms with Crippen molar-refractivity contribution in [3.8, 4) is 0 Å². The van der Waals surface area contributed by atoms with Crippen LogP contribution in [0, 0.1) is 0 Å². The van der Waals surface area contributed by atoms with Gasteiger partial charge in [0.1, 0.15) is 5.76 Å². The summed E-state index contributed by atoms with van der Waals surface area (Å²) in [6, 6.07) is 10.1. The number of ether oxygens (including phenoxy) is 2. The first-order valence-corrected chi connectivity index (χ1v) is 8.73. The smallest absolute Gasteiger partial charge is 0.416 e. The van der Waals surface area contributed by atoms with Crippen LogP contribution in [0.2, 0.25) is 0 Å². The Labute approximate surface area is 168 Å². The molecule has 160 valence electrons. The molecule has 1 saturated heterocycles. The molecule has 2 aromatic carbocycles. The summed E-state index contributed by atoms with van der Waals surface area (Å²) in [6.07, 6.45) is -9.61. The Kier molecular flexibility index (Phi) is 5.85. The molecule has 1 aliphatic rings.